The van der Waals surface area contributed by atoms with E-state index in [1.165, 1.54) is 0 Å². The molecule has 0 fully saturated rings. The lowest BCUT2D eigenvalue weighted by molar-refractivity contribution is 0.102. The molecule has 0 bridgehead atoms. The van der Waals surface area contributed by atoms with E-state index in [2.05, 4.69) is 5.32 Å². The molecule has 5 nitrogen and oxygen atoms in total. The van der Waals surface area contributed by atoms with Crippen LogP contribution in [0.5, 0.6) is 11.5 Å². The number of benzene rings is 2. The average molecular weight is 301 g/mol. The fourth-order valence-electron chi connectivity index (χ4n) is 2.03. The summed E-state index contributed by atoms with van der Waals surface area (Å²) in [5.41, 5.74) is 2.13. The highest BCUT2D eigenvalue weighted by Crippen LogP contribution is 2.29. The van der Waals surface area contributed by atoms with Crippen LogP contribution in [-0.4, -0.2) is 27.2 Å². The number of hydrogen-bond acceptors (Lipinski definition) is 4. The summed E-state index contributed by atoms with van der Waals surface area (Å²) in [4.78, 5) is 12.3. The molecule has 0 heterocycles. The number of rotatable bonds is 6. The van der Waals surface area contributed by atoms with Gasteiger partial charge in [0.25, 0.3) is 5.91 Å². The number of ether oxygens (including phenoxy) is 3. The third-order valence-corrected chi connectivity index (χ3v) is 3.18. The maximum atomic E-state index is 12.3. The minimum absolute atomic E-state index is 0.212. The maximum absolute atomic E-state index is 12.3. The van der Waals surface area contributed by atoms with Gasteiger partial charge in [0.05, 0.1) is 26.5 Å². The molecule has 2 aromatic carbocycles. The first-order valence-electron chi connectivity index (χ1n) is 6.79. The van der Waals surface area contributed by atoms with E-state index < -0.39 is 0 Å². The van der Waals surface area contributed by atoms with Gasteiger partial charge >= 0.3 is 0 Å². The average Bonchev–Trinajstić information content (AvgIpc) is 2.55. The van der Waals surface area contributed by atoms with Crippen molar-refractivity contribution < 1.29 is 19.0 Å². The molecular weight excluding hydrogens is 282 g/mol. The van der Waals surface area contributed by atoms with Crippen molar-refractivity contribution in [3.8, 4) is 11.5 Å². The SMILES string of the molecule is COCc1ccc(C(=O)Nc2cc(OC)ccc2OC)cc1. The molecule has 1 amide bonds. The monoisotopic (exact) mass is 301 g/mol. The summed E-state index contributed by atoms with van der Waals surface area (Å²) in [5.74, 6) is 1.01. The second-order valence-electron chi connectivity index (χ2n) is 4.65. The molecule has 5 heteroatoms. The zero-order chi connectivity index (χ0) is 15.9. The van der Waals surface area contributed by atoms with Gasteiger partial charge in [-0.1, -0.05) is 12.1 Å². The molecule has 0 atom stereocenters. The van der Waals surface area contributed by atoms with E-state index in [-0.39, 0.29) is 5.91 Å². The number of nitrogens with one attached hydrogen (secondary N) is 1. The van der Waals surface area contributed by atoms with Crippen LogP contribution in [0.15, 0.2) is 42.5 Å². The number of carbonyl (C=O) groups excluding carboxylic acids is 1. The van der Waals surface area contributed by atoms with Gasteiger partial charge in [-0.2, -0.15) is 0 Å². The first-order chi connectivity index (χ1) is 10.7. The highest BCUT2D eigenvalue weighted by atomic mass is 16.5. The molecule has 2 rings (SSSR count). The molecule has 0 unspecified atom stereocenters. The minimum atomic E-state index is -0.212. The Bertz CT molecular complexity index is 638. The Hall–Kier alpha value is -2.53. The van der Waals surface area contributed by atoms with Crippen LogP contribution in [0.2, 0.25) is 0 Å². The lowest BCUT2D eigenvalue weighted by atomic mass is 10.1. The largest absolute Gasteiger partial charge is 0.497 e. The van der Waals surface area contributed by atoms with Crippen LogP contribution < -0.4 is 14.8 Å². The van der Waals surface area contributed by atoms with E-state index in [9.17, 15) is 4.79 Å². The van der Waals surface area contributed by atoms with Crippen LogP contribution in [0.25, 0.3) is 0 Å². The Morgan fingerprint density at radius 1 is 1.00 bits per heavy atom. The van der Waals surface area contributed by atoms with Crippen LogP contribution in [-0.2, 0) is 11.3 Å². The zero-order valence-electron chi connectivity index (χ0n) is 12.9. The fraction of sp³-hybridized carbons (Fsp3) is 0.235. The first kappa shape index (κ1) is 15.9. The smallest absolute Gasteiger partial charge is 0.255 e. The van der Waals surface area contributed by atoms with Crippen LogP contribution in [0.1, 0.15) is 15.9 Å². The summed E-state index contributed by atoms with van der Waals surface area (Å²) >= 11 is 0. The van der Waals surface area contributed by atoms with E-state index in [1.54, 1.807) is 51.7 Å². The Morgan fingerprint density at radius 3 is 2.32 bits per heavy atom. The predicted octanol–water partition coefficient (Wildman–Crippen LogP) is 3.10. The molecule has 0 aliphatic carbocycles. The van der Waals surface area contributed by atoms with Crippen LogP contribution >= 0.6 is 0 Å². The summed E-state index contributed by atoms with van der Waals surface area (Å²) in [7, 11) is 4.76. The fourth-order valence-corrected chi connectivity index (χ4v) is 2.03. The van der Waals surface area contributed by atoms with Crippen LogP contribution in [0.3, 0.4) is 0 Å². The molecule has 0 aliphatic rings. The Morgan fingerprint density at radius 2 is 1.73 bits per heavy atom. The molecule has 116 valence electrons. The zero-order valence-corrected chi connectivity index (χ0v) is 12.9. The number of hydrogen-bond donors (Lipinski definition) is 1. The lowest BCUT2D eigenvalue weighted by Crippen LogP contribution is -2.12. The molecule has 0 aliphatic heterocycles. The van der Waals surface area contributed by atoms with Gasteiger partial charge in [0.2, 0.25) is 0 Å². The summed E-state index contributed by atoms with van der Waals surface area (Å²) in [6.07, 6.45) is 0. The van der Waals surface area contributed by atoms with Crippen LogP contribution in [0.4, 0.5) is 5.69 Å². The van der Waals surface area contributed by atoms with Crippen molar-refractivity contribution >= 4 is 11.6 Å². The summed E-state index contributed by atoms with van der Waals surface area (Å²) < 4.78 is 15.5. The van der Waals surface area contributed by atoms with Crippen molar-refractivity contribution in [2.24, 2.45) is 0 Å². The van der Waals surface area contributed by atoms with Gasteiger partial charge in [0.1, 0.15) is 11.5 Å². The molecule has 2 aromatic rings. The first-order valence-corrected chi connectivity index (χ1v) is 6.79. The molecule has 0 saturated heterocycles. The second kappa shape index (κ2) is 7.47. The molecule has 0 aromatic heterocycles. The molecule has 22 heavy (non-hydrogen) atoms. The number of carbonyl (C=O) groups is 1. The summed E-state index contributed by atoms with van der Waals surface area (Å²) in [6.45, 7) is 0.519. The topological polar surface area (TPSA) is 56.8 Å². The Kier molecular flexibility index (Phi) is 5.38. The third kappa shape index (κ3) is 3.77. The van der Waals surface area contributed by atoms with E-state index in [1.807, 2.05) is 12.1 Å². The van der Waals surface area contributed by atoms with Gasteiger partial charge in [-0.25, -0.2) is 0 Å². The van der Waals surface area contributed by atoms with E-state index >= 15 is 0 Å². The Labute approximate surface area is 129 Å². The lowest BCUT2D eigenvalue weighted by Gasteiger charge is -2.12. The quantitative estimate of drug-likeness (QED) is 0.890. The normalized spacial score (nSPS) is 10.1. The van der Waals surface area contributed by atoms with Gasteiger partial charge in [-0.15, -0.1) is 0 Å². The van der Waals surface area contributed by atoms with Crippen molar-refractivity contribution in [2.45, 2.75) is 6.61 Å². The molecule has 0 saturated carbocycles. The Balaban J connectivity index is 2.17. The van der Waals surface area contributed by atoms with Gasteiger partial charge < -0.3 is 19.5 Å². The van der Waals surface area contributed by atoms with Crippen LogP contribution in [0, 0.1) is 0 Å². The number of anilines is 1. The van der Waals surface area contributed by atoms with E-state index in [4.69, 9.17) is 14.2 Å². The highest BCUT2D eigenvalue weighted by Gasteiger charge is 2.11. The van der Waals surface area contributed by atoms with Crippen molar-refractivity contribution in [3.05, 3.63) is 53.6 Å². The van der Waals surface area contributed by atoms with Crippen molar-refractivity contribution in [1.29, 1.82) is 0 Å². The minimum Gasteiger partial charge on any atom is -0.497 e. The van der Waals surface area contributed by atoms with Gasteiger partial charge in [0, 0.05) is 18.7 Å². The van der Waals surface area contributed by atoms with E-state index in [0.29, 0.717) is 29.4 Å². The summed E-state index contributed by atoms with van der Waals surface area (Å²) in [5, 5.41) is 2.83. The molecule has 0 radical (unpaired) electrons. The van der Waals surface area contributed by atoms with Crippen molar-refractivity contribution in [1.82, 2.24) is 0 Å². The third-order valence-electron chi connectivity index (χ3n) is 3.18. The second-order valence-corrected chi connectivity index (χ2v) is 4.65. The van der Waals surface area contributed by atoms with E-state index in [0.717, 1.165) is 5.56 Å². The van der Waals surface area contributed by atoms with Gasteiger partial charge in [-0.05, 0) is 29.8 Å². The molecule has 1 N–H and O–H groups in total. The summed E-state index contributed by atoms with van der Waals surface area (Å²) in [6, 6.07) is 12.5. The number of amides is 1. The van der Waals surface area contributed by atoms with Gasteiger partial charge in [-0.3, -0.25) is 4.79 Å². The van der Waals surface area contributed by atoms with Gasteiger partial charge in [0.15, 0.2) is 0 Å². The highest BCUT2D eigenvalue weighted by molar-refractivity contribution is 6.05. The van der Waals surface area contributed by atoms with Crippen molar-refractivity contribution in [3.63, 3.8) is 0 Å². The predicted molar refractivity (Wildman–Crippen MR) is 84.7 cm³/mol. The molecular formula is C17H19NO4. The number of methoxy groups -OCH3 is 3. The maximum Gasteiger partial charge on any atom is 0.255 e. The van der Waals surface area contributed by atoms with Crippen molar-refractivity contribution in [2.75, 3.05) is 26.6 Å². The molecule has 0 spiro atoms. The standard InChI is InChI=1S/C17H19NO4/c1-20-11-12-4-6-13(7-5-12)17(19)18-15-10-14(21-2)8-9-16(15)22-3/h4-10H,11H2,1-3H3,(H,18,19).